The normalized spacial score (nSPS) is 14.4. The molecule has 1 aliphatic heterocycles. The van der Waals surface area contributed by atoms with Gasteiger partial charge in [-0.15, -0.1) is 0 Å². The molecule has 0 aliphatic carbocycles. The molecule has 0 spiro atoms. The number of hydrogen-bond donors (Lipinski definition) is 3. The monoisotopic (exact) mass is 479 g/mol. The number of hydrogen-bond acceptors (Lipinski definition) is 4. The number of aryl methyl sites for hydroxylation is 1. The van der Waals surface area contributed by atoms with E-state index < -0.39 is 34.6 Å². The van der Waals surface area contributed by atoms with E-state index in [1.54, 1.807) is 13.0 Å². The highest BCUT2D eigenvalue weighted by molar-refractivity contribution is 6.01. The maximum atomic E-state index is 14.6. The van der Waals surface area contributed by atoms with Crippen LogP contribution in [0.1, 0.15) is 56.5 Å². The van der Waals surface area contributed by atoms with Gasteiger partial charge in [0, 0.05) is 6.54 Å². The fourth-order valence-corrected chi connectivity index (χ4v) is 3.88. The third-order valence-electron chi connectivity index (χ3n) is 6.01. The summed E-state index contributed by atoms with van der Waals surface area (Å²) in [6.07, 6.45) is 2.08. The van der Waals surface area contributed by atoms with Gasteiger partial charge in [0.1, 0.15) is 11.4 Å². The number of amides is 1. The number of nitrogens with zero attached hydrogens (tertiary/aromatic N) is 1. The molecule has 34 heavy (non-hydrogen) atoms. The molecule has 3 rings (SSSR count). The van der Waals surface area contributed by atoms with Crippen molar-refractivity contribution in [1.82, 2.24) is 10.2 Å². The summed E-state index contributed by atoms with van der Waals surface area (Å²) in [6, 6.07) is 6.30. The van der Waals surface area contributed by atoms with Crippen LogP contribution < -0.4 is 10.6 Å². The van der Waals surface area contributed by atoms with E-state index in [2.05, 4.69) is 24.5 Å². The number of carbonyl (C=O) groups is 1. The lowest BCUT2D eigenvalue weighted by atomic mass is 9.92. The summed E-state index contributed by atoms with van der Waals surface area (Å²) in [5.41, 5.74) is -1.03. The minimum Gasteiger partial charge on any atom is -0.385 e. The van der Waals surface area contributed by atoms with Crippen molar-refractivity contribution in [3.05, 3.63) is 58.9 Å². The van der Waals surface area contributed by atoms with Gasteiger partial charge in [-0.1, -0.05) is 46.6 Å². The summed E-state index contributed by atoms with van der Waals surface area (Å²) in [6.45, 7) is 11.2. The second-order valence-corrected chi connectivity index (χ2v) is 8.59. The van der Waals surface area contributed by atoms with Crippen LogP contribution in [0.5, 0.6) is 0 Å². The van der Waals surface area contributed by atoms with Gasteiger partial charge in [0.05, 0.1) is 30.0 Å². The molecule has 0 radical (unpaired) electrons. The van der Waals surface area contributed by atoms with Crippen molar-refractivity contribution in [3.63, 3.8) is 0 Å². The molecule has 8 heteroatoms. The molecule has 1 amide bonds. The highest BCUT2D eigenvalue weighted by atomic mass is 19.2. The van der Waals surface area contributed by atoms with Crippen LogP contribution in [0.3, 0.4) is 0 Å². The van der Waals surface area contributed by atoms with Gasteiger partial charge in [-0.25, -0.2) is 13.2 Å². The zero-order chi connectivity index (χ0) is 25.5. The predicted molar refractivity (Wildman–Crippen MR) is 130 cm³/mol. The van der Waals surface area contributed by atoms with Crippen molar-refractivity contribution in [1.29, 1.82) is 0 Å². The summed E-state index contributed by atoms with van der Waals surface area (Å²) in [5.74, 6) is -3.10. The van der Waals surface area contributed by atoms with E-state index in [9.17, 15) is 23.1 Å². The average molecular weight is 480 g/mol. The van der Waals surface area contributed by atoms with Crippen molar-refractivity contribution in [2.75, 3.05) is 31.5 Å². The van der Waals surface area contributed by atoms with E-state index in [0.29, 0.717) is 18.0 Å². The molecule has 1 saturated heterocycles. The molecule has 0 saturated carbocycles. The molecule has 2 aromatic rings. The Kier molecular flexibility index (Phi) is 9.94. The van der Waals surface area contributed by atoms with Crippen LogP contribution in [0, 0.1) is 30.3 Å². The van der Waals surface area contributed by atoms with Crippen LogP contribution in [0.25, 0.3) is 0 Å². The molecule has 0 unspecified atom stereocenters. The first-order valence-corrected chi connectivity index (χ1v) is 11.9. The number of anilines is 2. The number of likely N-dealkylation sites (tertiary alicyclic amines) is 1. The van der Waals surface area contributed by atoms with Crippen LogP contribution in [0.4, 0.5) is 24.5 Å². The van der Waals surface area contributed by atoms with Crippen molar-refractivity contribution >= 4 is 17.3 Å². The predicted octanol–water partition coefficient (Wildman–Crippen LogP) is 5.39. The molecule has 5 nitrogen and oxygen atoms in total. The molecule has 188 valence electrons. The molecule has 1 fully saturated rings. The van der Waals surface area contributed by atoms with Crippen molar-refractivity contribution in [2.45, 2.75) is 53.1 Å². The number of nitrogens with one attached hydrogen (secondary N) is 2. The fraction of sp³-hybridized carbons (Fsp3) is 0.500. The number of aliphatic hydroxyl groups is 1. The van der Waals surface area contributed by atoms with Crippen LogP contribution in [0.15, 0.2) is 30.3 Å². The molecule has 1 heterocycles. The summed E-state index contributed by atoms with van der Waals surface area (Å²) < 4.78 is 42.7. The molecule has 1 aliphatic rings. The third kappa shape index (κ3) is 6.51. The number of halogens is 3. The SMILES string of the molecule is CC.CCC(CC)CNCC1(O)CN(C(=O)c2ccc(F)c(F)c2Nc2ccc(C)cc2F)C1. The molecule has 0 bridgehead atoms. The van der Waals surface area contributed by atoms with Gasteiger partial charge in [0.2, 0.25) is 0 Å². The van der Waals surface area contributed by atoms with Gasteiger partial charge in [0.15, 0.2) is 11.6 Å². The summed E-state index contributed by atoms with van der Waals surface area (Å²) in [4.78, 5) is 14.3. The highest BCUT2D eigenvalue weighted by Crippen LogP contribution is 2.31. The minimum atomic E-state index is -1.27. The zero-order valence-corrected chi connectivity index (χ0v) is 20.6. The molecule has 2 aromatic carbocycles. The van der Waals surface area contributed by atoms with Gasteiger partial charge in [-0.3, -0.25) is 4.79 Å². The van der Waals surface area contributed by atoms with E-state index >= 15 is 0 Å². The summed E-state index contributed by atoms with van der Waals surface area (Å²) >= 11 is 0. The topological polar surface area (TPSA) is 64.6 Å². The first-order chi connectivity index (χ1) is 16.2. The van der Waals surface area contributed by atoms with E-state index in [-0.39, 0.29) is 24.3 Å². The van der Waals surface area contributed by atoms with Gasteiger partial charge >= 0.3 is 0 Å². The first kappa shape index (κ1) is 27.7. The maximum Gasteiger partial charge on any atom is 0.256 e. The van der Waals surface area contributed by atoms with Crippen molar-refractivity contribution in [3.8, 4) is 0 Å². The Hall–Kier alpha value is -2.58. The van der Waals surface area contributed by atoms with Gasteiger partial charge in [-0.2, -0.15) is 0 Å². The molecule has 0 atom stereocenters. The lowest BCUT2D eigenvalue weighted by molar-refractivity contribution is -0.0788. The van der Waals surface area contributed by atoms with E-state index in [4.69, 9.17) is 0 Å². The quantitative estimate of drug-likeness (QED) is 0.451. The first-order valence-electron chi connectivity index (χ1n) is 11.9. The van der Waals surface area contributed by atoms with E-state index in [1.165, 1.54) is 17.0 Å². The van der Waals surface area contributed by atoms with Gasteiger partial charge in [0.25, 0.3) is 5.91 Å². The van der Waals surface area contributed by atoms with Crippen LogP contribution in [-0.2, 0) is 0 Å². The summed E-state index contributed by atoms with van der Waals surface area (Å²) in [7, 11) is 0. The van der Waals surface area contributed by atoms with Crippen LogP contribution in [-0.4, -0.2) is 47.7 Å². The van der Waals surface area contributed by atoms with Crippen molar-refractivity contribution in [2.24, 2.45) is 5.92 Å². The fourth-order valence-electron chi connectivity index (χ4n) is 3.88. The smallest absolute Gasteiger partial charge is 0.256 e. The molecule has 0 aromatic heterocycles. The maximum absolute atomic E-state index is 14.6. The number of benzene rings is 2. The van der Waals surface area contributed by atoms with Crippen LogP contribution in [0.2, 0.25) is 0 Å². The molecule has 3 N–H and O–H groups in total. The highest BCUT2D eigenvalue weighted by Gasteiger charge is 2.44. The summed E-state index contributed by atoms with van der Waals surface area (Å²) in [5, 5.41) is 16.4. The second kappa shape index (κ2) is 12.2. The number of rotatable bonds is 9. The Morgan fingerprint density at radius 1 is 1.09 bits per heavy atom. The Bertz CT molecular complexity index is 974. The zero-order valence-electron chi connectivity index (χ0n) is 20.6. The largest absolute Gasteiger partial charge is 0.385 e. The van der Waals surface area contributed by atoms with E-state index in [1.807, 2.05) is 13.8 Å². The third-order valence-corrected chi connectivity index (χ3v) is 6.01. The standard InChI is InChI=1S/C24H30F3N3O2.C2H6/c1-4-16(5-2)11-28-12-24(32)13-30(14-24)23(31)17-7-8-18(25)21(27)22(17)29-20-9-6-15(3)10-19(20)26;1-2/h6-10,16,28-29,32H,4-5,11-14H2,1-3H3;1-2H3. The molecular weight excluding hydrogens is 443 g/mol. The average Bonchev–Trinajstić information content (AvgIpc) is 2.80. The number of β-amino-alcohol motifs (C(OH)–C–C–N with tert-alkyl or cyclic N) is 1. The van der Waals surface area contributed by atoms with Crippen LogP contribution >= 0.6 is 0 Å². The van der Waals surface area contributed by atoms with Gasteiger partial charge in [-0.05, 0) is 49.2 Å². The van der Waals surface area contributed by atoms with E-state index in [0.717, 1.165) is 31.5 Å². The lowest BCUT2D eigenvalue weighted by Crippen LogP contribution is -2.67. The minimum absolute atomic E-state index is 0.0685. The van der Waals surface area contributed by atoms with Crippen molar-refractivity contribution < 1.29 is 23.1 Å². The van der Waals surface area contributed by atoms with Gasteiger partial charge < -0.3 is 20.6 Å². The number of carbonyl (C=O) groups excluding carboxylic acids is 1. The Balaban J connectivity index is 0.00000199. The second-order valence-electron chi connectivity index (χ2n) is 8.59. The Morgan fingerprint density at radius 2 is 1.74 bits per heavy atom. The Morgan fingerprint density at radius 3 is 2.32 bits per heavy atom. The molecular formula is C26H36F3N3O2. The lowest BCUT2D eigenvalue weighted by Gasteiger charge is -2.46. The Labute approximate surface area is 200 Å².